The first-order valence-corrected chi connectivity index (χ1v) is 6.71. The zero-order valence-corrected chi connectivity index (χ0v) is 12.2. The van der Waals surface area contributed by atoms with Crippen molar-refractivity contribution in [3.05, 3.63) is 35.9 Å². The third-order valence-electron chi connectivity index (χ3n) is 3.16. The Morgan fingerprint density at radius 3 is 2.30 bits per heavy atom. The number of aliphatic carboxylic acids is 1. The van der Waals surface area contributed by atoms with Gasteiger partial charge < -0.3 is 10.4 Å². The number of hydrogen-bond donors (Lipinski definition) is 2. The molecule has 0 heterocycles. The summed E-state index contributed by atoms with van der Waals surface area (Å²) < 4.78 is 0. The molecule has 1 aromatic carbocycles. The number of hydrogen-bond acceptors (Lipinski definition) is 3. The largest absolute Gasteiger partial charge is 0.480 e. The van der Waals surface area contributed by atoms with Crippen molar-refractivity contribution >= 4 is 11.9 Å². The summed E-state index contributed by atoms with van der Waals surface area (Å²) >= 11 is 0. The molecule has 20 heavy (non-hydrogen) atoms. The van der Waals surface area contributed by atoms with Gasteiger partial charge in [-0.15, -0.1) is 0 Å². The van der Waals surface area contributed by atoms with Gasteiger partial charge in [-0.1, -0.05) is 30.3 Å². The van der Waals surface area contributed by atoms with Gasteiger partial charge in [0.25, 0.3) is 0 Å². The molecule has 1 atom stereocenters. The molecule has 0 aliphatic heterocycles. The highest BCUT2D eigenvalue weighted by Crippen LogP contribution is 2.12. The molecule has 0 spiro atoms. The van der Waals surface area contributed by atoms with Crippen molar-refractivity contribution in [1.29, 1.82) is 0 Å². The predicted octanol–water partition coefficient (Wildman–Crippen LogP) is 1.49. The minimum atomic E-state index is -1.04. The van der Waals surface area contributed by atoms with Gasteiger partial charge in [-0.25, -0.2) is 0 Å². The van der Waals surface area contributed by atoms with E-state index in [1.54, 1.807) is 6.92 Å². The van der Waals surface area contributed by atoms with E-state index in [1.165, 1.54) is 0 Å². The number of nitrogens with one attached hydrogen (secondary N) is 1. The fourth-order valence-electron chi connectivity index (χ4n) is 2.02. The van der Waals surface area contributed by atoms with Crippen molar-refractivity contribution in [1.82, 2.24) is 10.2 Å². The van der Waals surface area contributed by atoms with Crippen molar-refractivity contribution in [3.8, 4) is 0 Å². The molecular formula is C15H22N2O3. The van der Waals surface area contributed by atoms with E-state index in [9.17, 15) is 9.59 Å². The van der Waals surface area contributed by atoms with E-state index in [1.807, 2.05) is 49.1 Å². The molecule has 0 aliphatic carbocycles. The van der Waals surface area contributed by atoms with E-state index >= 15 is 0 Å². The van der Waals surface area contributed by atoms with Gasteiger partial charge in [-0.05, 0) is 26.3 Å². The summed E-state index contributed by atoms with van der Waals surface area (Å²) in [6.45, 7) is 6.13. The summed E-state index contributed by atoms with van der Waals surface area (Å²) in [4.78, 5) is 24.5. The van der Waals surface area contributed by atoms with Gasteiger partial charge in [0.05, 0.1) is 6.04 Å². The highest BCUT2D eigenvalue weighted by Gasteiger charge is 2.23. The number of carboxylic acid groups (broad SMARTS) is 1. The van der Waals surface area contributed by atoms with E-state index in [0.29, 0.717) is 6.54 Å². The number of benzene rings is 1. The second-order valence-corrected chi connectivity index (χ2v) is 5.04. The van der Waals surface area contributed by atoms with Crippen LogP contribution in [-0.4, -0.2) is 40.5 Å². The van der Waals surface area contributed by atoms with E-state index < -0.39 is 5.97 Å². The van der Waals surface area contributed by atoms with Crippen LogP contribution in [0.4, 0.5) is 0 Å². The molecule has 1 amide bonds. The van der Waals surface area contributed by atoms with Crippen LogP contribution >= 0.6 is 0 Å². The Bertz CT molecular complexity index is 446. The maximum Gasteiger partial charge on any atom is 0.322 e. The Hall–Kier alpha value is -1.88. The average Bonchev–Trinajstić information content (AvgIpc) is 2.42. The Morgan fingerprint density at radius 2 is 1.80 bits per heavy atom. The molecule has 1 rings (SSSR count). The summed E-state index contributed by atoms with van der Waals surface area (Å²) in [5.41, 5.74) is 1.12. The molecule has 0 radical (unpaired) electrons. The second kappa shape index (κ2) is 7.65. The first-order chi connectivity index (χ1) is 9.41. The van der Waals surface area contributed by atoms with E-state index in [0.717, 1.165) is 5.56 Å². The monoisotopic (exact) mass is 278 g/mol. The third-order valence-corrected chi connectivity index (χ3v) is 3.16. The third kappa shape index (κ3) is 5.01. The van der Waals surface area contributed by atoms with Crippen LogP contribution in [0, 0.1) is 0 Å². The highest BCUT2D eigenvalue weighted by atomic mass is 16.4. The Balaban J connectivity index is 2.70. The van der Waals surface area contributed by atoms with Gasteiger partial charge >= 0.3 is 5.97 Å². The fraction of sp³-hybridized carbons (Fsp3) is 0.467. The number of nitrogens with zero attached hydrogens (tertiary/aromatic N) is 1. The lowest BCUT2D eigenvalue weighted by Crippen LogP contribution is -2.48. The van der Waals surface area contributed by atoms with Crippen LogP contribution in [-0.2, 0) is 16.1 Å². The Kier molecular flexibility index (Phi) is 6.18. The number of carbonyl (C=O) groups is 2. The average molecular weight is 278 g/mol. The van der Waals surface area contributed by atoms with E-state index in [-0.39, 0.29) is 24.5 Å². The van der Waals surface area contributed by atoms with Gasteiger partial charge in [0.15, 0.2) is 0 Å². The Labute approximate surface area is 119 Å². The van der Waals surface area contributed by atoms with Gasteiger partial charge in [-0.3, -0.25) is 14.5 Å². The molecule has 5 nitrogen and oxygen atoms in total. The first kappa shape index (κ1) is 16.2. The molecule has 2 N–H and O–H groups in total. The summed E-state index contributed by atoms with van der Waals surface area (Å²) in [7, 11) is 0. The highest BCUT2D eigenvalue weighted by molar-refractivity contribution is 5.84. The molecule has 0 aromatic heterocycles. The van der Waals surface area contributed by atoms with Crippen LogP contribution in [0.25, 0.3) is 0 Å². The predicted molar refractivity (Wildman–Crippen MR) is 77.2 cm³/mol. The zero-order valence-electron chi connectivity index (χ0n) is 12.2. The number of rotatable bonds is 7. The van der Waals surface area contributed by atoms with Crippen LogP contribution in [0.3, 0.4) is 0 Å². The van der Waals surface area contributed by atoms with Gasteiger partial charge in [0.2, 0.25) is 5.91 Å². The van der Waals surface area contributed by atoms with Crippen LogP contribution in [0.2, 0.25) is 0 Å². The van der Waals surface area contributed by atoms with Crippen molar-refractivity contribution in [2.75, 3.05) is 6.54 Å². The molecule has 0 aliphatic rings. The minimum Gasteiger partial charge on any atom is -0.480 e. The number of amides is 1. The normalized spacial score (nSPS) is 12.4. The lowest BCUT2D eigenvalue weighted by molar-refractivity contribution is -0.138. The molecule has 1 aromatic rings. The van der Waals surface area contributed by atoms with Gasteiger partial charge in [0.1, 0.15) is 6.54 Å². The van der Waals surface area contributed by atoms with Crippen LogP contribution in [0.5, 0.6) is 0 Å². The SMILES string of the molecule is CC(C)N(Cc1ccccc1)C(C)C(=O)NCC(=O)O. The molecule has 1 unspecified atom stereocenters. The maximum atomic E-state index is 12.0. The van der Waals surface area contributed by atoms with Crippen molar-refractivity contribution < 1.29 is 14.7 Å². The standard InChI is InChI=1S/C15H22N2O3/c1-11(2)17(10-13-7-5-4-6-8-13)12(3)15(20)16-9-14(18)19/h4-8,11-12H,9-10H2,1-3H3,(H,16,20)(H,18,19). The lowest BCUT2D eigenvalue weighted by Gasteiger charge is -2.31. The van der Waals surface area contributed by atoms with Crippen LogP contribution in [0.1, 0.15) is 26.3 Å². The van der Waals surface area contributed by atoms with Crippen molar-refractivity contribution in [2.24, 2.45) is 0 Å². The van der Waals surface area contributed by atoms with Crippen LogP contribution < -0.4 is 5.32 Å². The van der Waals surface area contributed by atoms with Gasteiger partial charge in [0, 0.05) is 12.6 Å². The summed E-state index contributed by atoms with van der Waals surface area (Å²) in [5.74, 6) is -1.30. The van der Waals surface area contributed by atoms with Crippen molar-refractivity contribution in [2.45, 2.75) is 39.4 Å². The van der Waals surface area contributed by atoms with Crippen LogP contribution in [0.15, 0.2) is 30.3 Å². The molecule has 0 saturated heterocycles. The molecular weight excluding hydrogens is 256 g/mol. The van der Waals surface area contributed by atoms with Crippen molar-refractivity contribution in [3.63, 3.8) is 0 Å². The number of carbonyl (C=O) groups excluding carboxylic acids is 1. The minimum absolute atomic E-state index is 0.181. The first-order valence-electron chi connectivity index (χ1n) is 6.71. The number of carboxylic acids is 1. The topological polar surface area (TPSA) is 69.6 Å². The molecule has 5 heteroatoms. The molecule has 0 saturated carbocycles. The maximum absolute atomic E-state index is 12.0. The summed E-state index contributed by atoms with van der Waals surface area (Å²) in [5, 5.41) is 11.0. The lowest BCUT2D eigenvalue weighted by atomic mass is 10.1. The molecule has 110 valence electrons. The van der Waals surface area contributed by atoms with Gasteiger partial charge in [-0.2, -0.15) is 0 Å². The van der Waals surface area contributed by atoms with E-state index in [2.05, 4.69) is 5.32 Å². The quantitative estimate of drug-likeness (QED) is 0.793. The second-order valence-electron chi connectivity index (χ2n) is 5.04. The summed E-state index contributed by atoms with van der Waals surface area (Å²) in [6.07, 6.45) is 0. The zero-order chi connectivity index (χ0) is 15.1. The fourth-order valence-corrected chi connectivity index (χ4v) is 2.02. The Morgan fingerprint density at radius 1 is 1.20 bits per heavy atom. The molecule has 0 fully saturated rings. The smallest absolute Gasteiger partial charge is 0.322 e. The van der Waals surface area contributed by atoms with E-state index in [4.69, 9.17) is 5.11 Å². The molecule has 0 bridgehead atoms. The summed E-state index contributed by atoms with van der Waals surface area (Å²) in [6, 6.07) is 9.70.